The molecule has 18 heavy (non-hydrogen) atoms. The van der Waals surface area contributed by atoms with Crippen LogP contribution in [0.25, 0.3) is 0 Å². The van der Waals surface area contributed by atoms with Crippen LogP contribution in [0.4, 0.5) is 0 Å². The van der Waals surface area contributed by atoms with Gasteiger partial charge < -0.3 is 4.74 Å². The number of benzene rings is 2. The first-order valence-electron chi connectivity index (χ1n) is 5.38. The molecule has 0 aliphatic rings. The fraction of sp³-hybridized carbons (Fsp3) is 0.143. The van der Waals surface area contributed by atoms with Crippen molar-refractivity contribution in [2.75, 3.05) is 0 Å². The average molecular weight is 435 g/mol. The molecule has 0 radical (unpaired) electrons. The maximum absolute atomic E-state index is 5.97. The molecule has 0 saturated carbocycles. The van der Waals surface area contributed by atoms with Crippen molar-refractivity contribution in [3.8, 4) is 11.5 Å². The predicted molar refractivity (Wildman–Crippen MR) is 85.7 cm³/mol. The summed E-state index contributed by atoms with van der Waals surface area (Å²) in [5, 5.41) is 0.761. The van der Waals surface area contributed by atoms with Crippen molar-refractivity contribution >= 4 is 47.8 Å². The van der Waals surface area contributed by atoms with Gasteiger partial charge in [-0.25, -0.2) is 0 Å². The zero-order chi connectivity index (χ0) is 13.1. The summed E-state index contributed by atoms with van der Waals surface area (Å²) in [6.45, 7) is 2.03. The van der Waals surface area contributed by atoms with Crippen LogP contribution in [-0.4, -0.2) is 0 Å². The predicted octanol–water partition coefficient (Wildman–Crippen LogP) is 6.21. The highest BCUT2D eigenvalue weighted by Crippen LogP contribution is 2.32. The lowest BCUT2D eigenvalue weighted by Gasteiger charge is -2.12. The highest BCUT2D eigenvalue weighted by molar-refractivity contribution is 9.10. The SMILES string of the molecule is Cc1cc(Br)ccc1Oc1ccc(Br)cc1CBr. The molecule has 1 nitrogen and oxygen atoms in total. The molecule has 4 heteroatoms. The number of rotatable bonds is 3. The average Bonchev–Trinajstić information content (AvgIpc) is 2.34. The second-order valence-electron chi connectivity index (χ2n) is 3.90. The number of alkyl halides is 1. The molecule has 0 amide bonds. The van der Waals surface area contributed by atoms with E-state index in [1.807, 2.05) is 37.3 Å². The first-order chi connectivity index (χ1) is 8.60. The topological polar surface area (TPSA) is 9.23 Å². The summed E-state index contributed by atoms with van der Waals surface area (Å²) in [6, 6.07) is 12.0. The molecule has 0 N–H and O–H groups in total. The summed E-state index contributed by atoms with van der Waals surface area (Å²) in [4.78, 5) is 0. The van der Waals surface area contributed by atoms with Gasteiger partial charge in [0.25, 0.3) is 0 Å². The van der Waals surface area contributed by atoms with Crippen molar-refractivity contribution in [3.05, 3.63) is 56.5 Å². The van der Waals surface area contributed by atoms with E-state index in [-0.39, 0.29) is 0 Å². The minimum absolute atomic E-state index is 0.761. The minimum Gasteiger partial charge on any atom is -0.457 e. The molecule has 0 heterocycles. The monoisotopic (exact) mass is 432 g/mol. The lowest BCUT2D eigenvalue weighted by atomic mass is 10.2. The standard InChI is InChI=1S/C14H11Br3O/c1-9-6-11(16)2-4-13(9)18-14-5-3-12(17)7-10(14)8-15/h2-7H,8H2,1H3. The lowest BCUT2D eigenvalue weighted by molar-refractivity contribution is 0.474. The van der Waals surface area contributed by atoms with Crippen molar-refractivity contribution < 1.29 is 4.74 Å². The highest BCUT2D eigenvalue weighted by Gasteiger charge is 2.07. The van der Waals surface area contributed by atoms with Gasteiger partial charge in [0.1, 0.15) is 11.5 Å². The molecular formula is C14H11Br3O. The third-order valence-electron chi connectivity index (χ3n) is 2.52. The van der Waals surface area contributed by atoms with Gasteiger partial charge in [-0.05, 0) is 48.9 Å². The van der Waals surface area contributed by atoms with Gasteiger partial charge in [0.2, 0.25) is 0 Å². The molecule has 0 fully saturated rings. The molecule has 0 aliphatic heterocycles. The van der Waals surface area contributed by atoms with Crippen LogP contribution in [0, 0.1) is 6.92 Å². The van der Waals surface area contributed by atoms with Crippen LogP contribution in [0.15, 0.2) is 45.3 Å². The van der Waals surface area contributed by atoms with Crippen LogP contribution >= 0.6 is 47.8 Å². The Balaban J connectivity index is 2.33. The second kappa shape index (κ2) is 6.22. The van der Waals surface area contributed by atoms with Crippen molar-refractivity contribution in [2.24, 2.45) is 0 Å². The summed E-state index contributed by atoms with van der Waals surface area (Å²) in [7, 11) is 0. The third-order valence-corrected chi connectivity index (χ3v) is 4.11. The Labute approximate surface area is 132 Å². The van der Waals surface area contributed by atoms with Crippen LogP contribution in [-0.2, 0) is 5.33 Å². The van der Waals surface area contributed by atoms with E-state index in [0.717, 1.165) is 36.9 Å². The largest absolute Gasteiger partial charge is 0.457 e. The van der Waals surface area contributed by atoms with Crippen LogP contribution in [0.5, 0.6) is 11.5 Å². The van der Waals surface area contributed by atoms with Crippen LogP contribution in [0.3, 0.4) is 0 Å². The van der Waals surface area contributed by atoms with Gasteiger partial charge in [0.15, 0.2) is 0 Å². The quantitative estimate of drug-likeness (QED) is 0.522. The van der Waals surface area contributed by atoms with E-state index in [1.54, 1.807) is 0 Å². The zero-order valence-electron chi connectivity index (χ0n) is 9.71. The molecule has 0 aromatic heterocycles. The Bertz CT molecular complexity index is 567. The molecule has 2 aromatic carbocycles. The van der Waals surface area contributed by atoms with Gasteiger partial charge >= 0.3 is 0 Å². The number of hydrogen-bond donors (Lipinski definition) is 0. The van der Waals surface area contributed by atoms with Crippen molar-refractivity contribution in [2.45, 2.75) is 12.3 Å². The molecular weight excluding hydrogens is 424 g/mol. The van der Waals surface area contributed by atoms with Gasteiger partial charge in [-0.2, -0.15) is 0 Å². The van der Waals surface area contributed by atoms with Crippen molar-refractivity contribution in [1.82, 2.24) is 0 Å². The molecule has 0 unspecified atom stereocenters. The van der Waals surface area contributed by atoms with Crippen LogP contribution in [0.2, 0.25) is 0 Å². The Morgan fingerprint density at radius 2 is 1.56 bits per heavy atom. The number of halogens is 3. The highest BCUT2D eigenvalue weighted by atomic mass is 79.9. The number of hydrogen-bond acceptors (Lipinski definition) is 1. The molecule has 0 aliphatic carbocycles. The smallest absolute Gasteiger partial charge is 0.131 e. The Kier molecular flexibility index (Phi) is 4.87. The van der Waals surface area contributed by atoms with E-state index in [4.69, 9.17) is 4.74 Å². The van der Waals surface area contributed by atoms with Gasteiger partial charge in [0, 0.05) is 19.8 Å². The summed E-state index contributed by atoms with van der Waals surface area (Å²) >= 11 is 10.4. The zero-order valence-corrected chi connectivity index (χ0v) is 14.5. The fourth-order valence-electron chi connectivity index (χ4n) is 1.60. The van der Waals surface area contributed by atoms with E-state index < -0.39 is 0 Å². The van der Waals surface area contributed by atoms with E-state index in [9.17, 15) is 0 Å². The molecule has 0 bridgehead atoms. The van der Waals surface area contributed by atoms with E-state index >= 15 is 0 Å². The maximum atomic E-state index is 5.97. The molecule has 0 spiro atoms. The fourth-order valence-corrected chi connectivity index (χ4v) is 2.92. The first kappa shape index (κ1) is 14.1. The van der Waals surface area contributed by atoms with Crippen LogP contribution in [0.1, 0.15) is 11.1 Å². The minimum atomic E-state index is 0.761. The molecule has 2 aromatic rings. The Hall–Kier alpha value is -0.320. The van der Waals surface area contributed by atoms with Gasteiger partial charge in [0.05, 0.1) is 0 Å². The Morgan fingerprint density at radius 3 is 2.17 bits per heavy atom. The summed E-state index contributed by atoms with van der Waals surface area (Å²) < 4.78 is 8.08. The normalized spacial score (nSPS) is 10.4. The molecule has 94 valence electrons. The lowest BCUT2D eigenvalue weighted by Crippen LogP contribution is -1.91. The van der Waals surface area contributed by atoms with Crippen molar-refractivity contribution in [1.29, 1.82) is 0 Å². The number of aryl methyl sites for hydroxylation is 1. The molecule has 2 rings (SSSR count). The maximum Gasteiger partial charge on any atom is 0.131 e. The number of ether oxygens (including phenoxy) is 1. The van der Waals surface area contributed by atoms with Crippen molar-refractivity contribution in [3.63, 3.8) is 0 Å². The summed E-state index contributed by atoms with van der Waals surface area (Å²) in [5.41, 5.74) is 2.22. The van der Waals surface area contributed by atoms with Gasteiger partial charge in [-0.1, -0.05) is 47.8 Å². The van der Waals surface area contributed by atoms with Gasteiger partial charge in [-0.15, -0.1) is 0 Å². The Morgan fingerprint density at radius 1 is 0.944 bits per heavy atom. The van der Waals surface area contributed by atoms with E-state index in [2.05, 4.69) is 53.9 Å². The third kappa shape index (κ3) is 3.37. The van der Waals surface area contributed by atoms with Gasteiger partial charge in [-0.3, -0.25) is 0 Å². The molecule has 0 saturated heterocycles. The molecule has 0 atom stereocenters. The van der Waals surface area contributed by atoms with E-state index in [0.29, 0.717) is 0 Å². The summed E-state index contributed by atoms with van der Waals surface area (Å²) in [5.74, 6) is 1.75. The second-order valence-corrected chi connectivity index (χ2v) is 6.29. The van der Waals surface area contributed by atoms with E-state index in [1.165, 1.54) is 0 Å². The summed E-state index contributed by atoms with van der Waals surface area (Å²) in [6.07, 6.45) is 0. The first-order valence-corrected chi connectivity index (χ1v) is 8.09. The van der Waals surface area contributed by atoms with Crippen LogP contribution < -0.4 is 4.74 Å².